The Morgan fingerprint density at radius 3 is 1.06 bits per heavy atom. The lowest BCUT2D eigenvalue weighted by Crippen LogP contribution is -2.30. The van der Waals surface area contributed by atoms with Crippen molar-refractivity contribution in [3.8, 4) is 0 Å². The summed E-state index contributed by atoms with van der Waals surface area (Å²) in [6.07, 6.45) is 47.6. The maximum absolute atomic E-state index is 12.7. The van der Waals surface area contributed by atoms with Crippen molar-refractivity contribution in [1.29, 1.82) is 0 Å². The van der Waals surface area contributed by atoms with Crippen LogP contribution in [0.3, 0.4) is 0 Å². The van der Waals surface area contributed by atoms with Gasteiger partial charge in [0.05, 0.1) is 0 Å². The normalized spacial score (nSPS) is 12.1. The van der Waals surface area contributed by atoms with Crippen LogP contribution in [0.4, 0.5) is 0 Å². The highest BCUT2D eigenvalue weighted by Crippen LogP contribution is 2.15. The van der Waals surface area contributed by atoms with E-state index in [1.807, 2.05) is 0 Å². The summed E-state index contributed by atoms with van der Waals surface area (Å²) < 4.78 is 16.6. The van der Waals surface area contributed by atoms with Gasteiger partial charge in [0.15, 0.2) is 6.10 Å². The zero-order chi connectivity index (χ0) is 39.4. The molecule has 0 saturated heterocycles. The highest BCUT2D eigenvalue weighted by molar-refractivity contribution is 5.71. The molecule has 0 saturated carbocycles. The van der Waals surface area contributed by atoms with E-state index in [1.54, 1.807) is 0 Å². The molecule has 0 aromatic rings. The fraction of sp³-hybridized carbons (Fsp3) is 0.854. The first-order valence-electron chi connectivity index (χ1n) is 23.3. The summed E-state index contributed by atoms with van der Waals surface area (Å²) in [5.74, 6) is -0.882. The fourth-order valence-corrected chi connectivity index (χ4v) is 6.65. The van der Waals surface area contributed by atoms with Crippen LogP contribution in [-0.2, 0) is 28.6 Å². The zero-order valence-electron chi connectivity index (χ0n) is 36.0. The molecule has 6 heteroatoms. The molecule has 0 aliphatic carbocycles. The maximum atomic E-state index is 12.7. The summed E-state index contributed by atoms with van der Waals surface area (Å²) in [5.41, 5.74) is 0. The first kappa shape index (κ1) is 51.9. The molecular formula is C48H88O6. The van der Waals surface area contributed by atoms with Gasteiger partial charge in [-0.15, -0.1) is 0 Å². The number of ether oxygens (including phenoxy) is 3. The molecule has 0 rings (SSSR count). The molecule has 6 nitrogen and oxygen atoms in total. The van der Waals surface area contributed by atoms with Crippen LogP contribution in [0.25, 0.3) is 0 Å². The topological polar surface area (TPSA) is 78.9 Å². The molecule has 0 radical (unpaired) electrons. The van der Waals surface area contributed by atoms with Gasteiger partial charge in [-0.3, -0.25) is 14.4 Å². The second-order valence-corrected chi connectivity index (χ2v) is 15.7. The Morgan fingerprint density at radius 2 is 0.667 bits per heavy atom. The van der Waals surface area contributed by atoms with Crippen molar-refractivity contribution in [2.24, 2.45) is 0 Å². The van der Waals surface area contributed by atoms with Gasteiger partial charge in [0.2, 0.25) is 0 Å². The molecule has 316 valence electrons. The van der Waals surface area contributed by atoms with E-state index in [4.69, 9.17) is 14.2 Å². The summed E-state index contributed by atoms with van der Waals surface area (Å²) in [6.45, 7) is 6.53. The van der Waals surface area contributed by atoms with E-state index < -0.39 is 6.10 Å². The van der Waals surface area contributed by atoms with Gasteiger partial charge in [-0.05, 0) is 51.4 Å². The second-order valence-electron chi connectivity index (χ2n) is 15.7. The van der Waals surface area contributed by atoms with Crippen LogP contribution < -0.4 is 0 Å². The molecule has 0 N–H and O–H groups in total. The third-order valence-electron chi connectivity index (χ3n) is 10.2. The van der Waals surface area contributed by atoms with Crippen LogP contribution in [-0.4, -0.2) is 37.2 Å². The Balaban J connectivity index is 4.15. The number of allylic oxidation sites excluding steroid dienone is 4. The SMILES string of the molecule is CCCCC/C=C\C/C=C\CCCCCCCCCCCC(=O)OCC(COC(=O)CCCCCCC)OC(=O)CCCCCCCCCCCCCC. The highest BCUT2D eigenvalue weighted by Gasteiger charge is 2.19. The van der Waals surface area contributed by atoms with Gasteiger partial charge in [-0.2, -0.15) is 0 Å². The van der Waals surface area contributed by atoms with Gasteiger partial charge in [-0.1, -0.05) is 199 Å². The lowest BCUT2D eigenvalue weighted by Gasteiger charge is -2.18. The van der Waals surface area contributed by atoms with Gasteiger partial charge in [0.25, 0.3) is 0 Å². The van der Waals surface area contributed by atoms with Crippen LogP contribution >= 0.6 is 0 Å². The Labute approximate surface area is 334 Å². The van der Waals surface area contributed by atoms with Crippen molar-refractivity contribution in [2.45, 2.75) is 252 Å². The van der Waals surface area contributed by atoms with Gasteiger partial charge < -0.3 is 14.2 Å². The number of rotatable bonds is 42. The number of hydrogen-bond acceptors (Lipinski definition) is 6. The molecule has 0 spiro atoms. The molecule has 0 aliphatic heterocycles. The lowest BCUT2D eigenvalue weighted by atomic mass is 10.0. The van der Waals surface area contributed by atoms with Crippen LogP contribution in [0.2, 0.25) is 0 Å². The third-order valence-corrected chi connectivity index (χ3v) is 10.2. The van der Waals surface area contributed by atoms with Crippen LogP contribution in [0, 0.1) is 0 Å². The molecule has 0 aromatic heterocycles. The molecule has 54 heavy (non-hydrogen) atoms. The first-order valence-corrected chi connectivity index (χ1v) is 23.3. The number of esters is 3. The van der Waals surface area contributed by atoms with Crippen molar-refractivity contribution in [1.82, 2.24) is 0 Å². The van der Waals surface area contributed by atoms with E-state index in [2.05, 4.69) is 45.1 Å². The molecular weight excluding hydrogens is 673 g/mol. The minimum atomic E-state index is -0.763. The van der Waals surface area contributed by atoms with Gasteiger partial charge in [0, 0.05) is 19.3 Å². The van der Waals surface area contributed by atoms with Crippen molar-refractivity contribution >= 4 is 17.9 Å². The molecule has 0 aromatic carbocycles. The molecule has 0 heterocycles. The van der Waals surface area contributed by atoms with E-state index in [9.17, 15) is 14.4 Å². The molecule has 0 bridgehead atoms. The number of unbranched alkanes of at least 4 members (excludes halogenated alkanes) is 27. The second kappa shape index (κ2) is 43.6. The zero-order valence-corrected chi connectivity index (χ0v) is 36.0. The highest BCUT2D eigenvalue weighted by atomic mass is 16.6. The van der Waals surface area contributed by atoms with Gasteiger partial charge in [-0.25, -0.2) is 0 Å². The summed E-state index contributed by atoms with van der Waals surface area (Å²) in [6, 6.07) is 0. The summed E-state index contributed by atoms with van der Waals surface area (Å²) in [7, 11) is 0. The van der Waals surface area contributed by atoms with E-state index >= 15 is 0 Å². The predicted octanol–water partition coefficient (Wildman–Crippen LogP) is 14.8. The Morgan fingerprint density at radius 1 is 0.370 bits per heavy atom. The van der Waals surface area contributed by atoms with Crippen LogP contribution in [0.5, 0.6) is 0 Å². The third kappa shape index (κ3) is 41.1. The monoisotopic (exact) mass is 761 g/mol. The number of carbonyl (C=O) groups excluding carboxylic acids is 3. The van der Waals surface area contributed by atoms with Crippen molar-refractivity contribution in [3.05, 3.63) is 24.3 Å². The molecule has 0 fully saturated rings. The largest absolute Gasteiger partial charge is 0.462 e. The minimum absolute atomic E-state index is 0.0706. The smallest absolute Gasteiger partial charge is 0.306 e. The number of hydrogen-bond donors (Lipinski definition) is 0. The van der Waals surface area contributed by atoms with Crippen molar-refractivity contribution in [2.75, 3.05) is 13.2 Å². The minimum Gasteiger partial charge on any atom is -0.462 e. The fourth-order valence-electron chi connectivity index (χ4n) is 6.65. The van der Waals surface area contributed by atoms with Crippen molar-refractivity contribution in [3.63, 3.8) is 0 Å². The molecule has 0 aliphatic rings. The Hall–Kier alpha value is -2.11. The van der Waals surface area contributed by atoms with Crippen LogP contribution in [0.15, 0.2) is 24.3 Å². The molecule has 1 atom stereocenters. The standard InChI is InChI=1S/C48H88O6/c1-4-7-10-13-15-17-19-21-22-23-24-25-26-27-29-30-32-35-38-41-47(50)53-44-45(43-52-46(49)40-37-34-12-9-6-3)54-48(51)42-39-36-33-31-28-20-18-16-14-11-8-5-2/h15,17,21-22,45H,4-14,16,18-20,23-44H2,1-3H3/b17-15-,22-21-. The first-order chi connectivity index (χ1) is 26.5. The Kier molecular flexibility index (Phi) is 41.9. The lowest BCUT2D eigenvalue weighted by molar-refractivity contribution is -0.167. The van der Waals surface area contributed by atoms with Gasteiger partial charge in [0.1, 0.15) is 13.2 Å². The van der Waals surface area contributed by atoms with E-state index in [1.165, 1.54) is 135 Å². The summed E-state index contributed by atoms with van der Waals surface area (Å²) in [4.78, 5) is 37.5. The quantitative estimate of drug-likeness (QED) is 0.0267. The summed E-state index contributed by atoms with van der Waals surface area (Å²) in [5, 5.41) is 0. The van der Waals surface area contributed by atoms with Crippen LogP contribution in [0.1, 0.15) is 245 Å². The van der Waals surface area contributed by atoms with E-state index in [0.717, 1.165) is 70.6 Å². The van der Waals surface area contributed by atoms with E-state index in [0.29, 0.717) is 19.3 Å². The Bertz CT molecular complexity index is 880. The molecule has 1 unspecified atom stereocenters. The molecule has 0 amide bonds. The maximum Gasteiger partial charge on any atom is 0.306 e. The summed E-state index contributed by atoms with van der Waals surface area (Å²) >= 11 is 0. The average molecular weight is 761 g/mol. The van der Waals surface area contributed by atoms with Crippen molar-refractivity contribution < 1.29 is 28.6 Å². The van der Waals surface area contributed by atoms with Gasteiger partial charge >= 0.3 is 17.9 Å². The average Bonchev–Trinajstić information content (AvgIpc) is 3.17. The van der Waals surface area contributed by atoms with E-state index in [-0.39, 0.29) is 31.1 Å². The predicted molar refractivity (Wildman–Crippen MR) is 229 cm³/mol. The number of carbonyl (C=O) groups is 3.